The third-order valence-electron chi connectivity index (χ3n) is 4.04. The number of aryl methyl sites for hydroxylation is 1. The smallest absolute Gasteiger partial charge is 0.265 e. The van der Waals surface area contributed by atoms with Crippen molar-refractivity contribution in [3.63, 3.8) is 0 Å². The van der Waals surface area contributed by atoms with E-state index in [4.69, 9.17) is 4.74 Å². The predicted octanol–water partition coefficient (Wildman–Crippen LogP) is 4.97. The average Bonchev–Trinajstić information content (AvgIpc) is 3.23. The quantitative estimate of drug-likeness (QED) is 0.567. The molecule has 0 aliphatic carbocycles. The molecule has 0 aliphatic heterocycles. The Morgan fingerprint density at radius 1 is 0.964 bits per heavy atom. The molecule has 28 heavy (non-hydrogen) atoms. The zero-order valence-electron chi connectivity index (χ0n) is 15.6. The number of thiophene rings is 1. The molecular formula is C22H22N2O3S. The number of benzene rings is 2. The van der Waals surface area contributed by atoms with Gasteiger partial charge in [-0.15, -0.1) is 11.3 Å². The molecule has 1 aromatic heterocycles. The second kappa shape index (κ2) is 9.71. The lowest BCUT2D eigenvalue weighted by Gasteiger charge is -2.11. The lowest BCUT2D eigenvalue weighted by Crippen LogP contribution is -2.14. The van der Waals surface area contributed by atoms with Crippen molar-refractivity contribution in [3.05, 3.63) is 76.5 Å². The van der Waals surface area contributed by atoms with Crippen LogP contribution in [0.15, 0.2) is 66.0 Å². The van der Waals surface area contributed by atoms with E-state index in [9.17, 15) is 9.59 Å². The highest BCUT2D eigenvalue weighted by Gasteiger charge is 2.09. The van der Waals surface area contributed by atoms with E-state index >= 15 is 0 Å². The summed E-state index contributed by atoms with van der Waals surface area (Å²) in [6, 6.07) is 18.5. The molecule has 3 aromatic rings. The van der Waals surface area contributed by atoms with Gasteiger partial charge in [-0.05, 0) is 54.6 Å². The van der Waals surface area contributed by atoms with Gasteiger partial charge in [0.2, 0.25) is 5.91 Å². The van der Waals surface area contributed by atoms with Crippen LogP contribution in [0.3, 0.4) is 0 Å². The maximum atomic E-state index is 12.3. The highest BCUT2D eigenvalue weighted by Crippen LogP contribution is 2.21. The normalized spacial score (nSPS) is 10.3. The number of hydrogen-bond donors (Lipinski definition) is 2. The molecule has 144 valence electrons. The SMILES string of the molecule is CCOc1ccccc1CCC(=O)Nc1cccc(NC(=O)c2cccs2)c1. The second-order valence-corrected chi connectivity index (χ2v) is 7.05. The zero-order valence-corrected chi connectivity index (χ0v) is 16.4. The van der Waals surface area contributed by atoms with Crippen molar-refractivity contribution in [3.8, 4) is 5.75 Å². The Hall–Kier alpha value is -3.12. The van der Waals surface area contributed by atoms with Crippen molar-refractivity contribution in [2.45, 2.75) is 19.8 Å². The molecule has 0 spiro atoms. The summed E-state index contributed by atoms with van der Waals surface area (Å²) >= 11 is 1.38. The van der Waals surface area contributed by atoms with Gasteiger partial charge in [-0.1, -0.05) is 30.3 Å². The first-order valence-electron chi connectivity index (χ1n) is 9.11. The maximum absolute atomic E-state index is 12.3. The number of ether oxygens (including phenoxy) is 1. The van der Waals surface area contributed by atoms with Crippen molar-refractivity contribution in [1.29, 1.82) is 0 Å². The maximum Gasteiger partial charge on any atom is 0.265 e. The molecule has 0 atom stereocenters. The van der Waals surface area contributed by atoms with Crippen LogP contribution in [-0.4, -0.2) is 18.4 Å². The second-order valence-electron chi connectivity index (χ2n) is 6.10. The van der Waals surface area contributed by atoms with Crippen molar-refractivity contribution < 1.29 is 14.3 Å². The largest absolute Gasteiger partial charge is 0.494 e. The predicted molar refractivity (Wildman–Crippen MR) is 113 cm³/mol. The van der Waals surface area contributed by atoms with Crippen molar-refractivity contribution in [1.82, 2.24) is 0 Å². The van der Waals surface area contributed by atoms with E-state index in [1.807, 2.05) is 42.6 Å². The number of carbonyl (C=O) groups excluding carboxylic acids is 2. The van der Waals surface area contributed by atoms with Gasteiger partial charge < -0.3 is 15.4 Å². The van der Waals surface area contributed by atoms with E-state index in [1.54, 1.807) is 30.3 Å². The third-order valence-corrected chi connectivity index (χ3v) is 4.91. The molecular weight excluding hydrogens is 372 g/mol. The van der Waals surface area contributed by atoms with Crippen molar-refractivity contribution >= 4 is 34.5 Å². The van der Waals surface area contributed by atoms with Gasteiger partial charge in [0, 0.05) is 17.8 Å². The van der Waals surface area contributed by atoms with Crippen LogP contribution in [0.25, 0.3) is 0 Å². The van der Waals surface area contributed by atoms with Gasteiger partial charge in [0.1, 0.15) is 5.75 Å². The Morgan fingerprint density at radius 2 is 1.75 bits per heavy atom. The summed E-state index contributed by atoms with van der Waals surface area (Å²) in [7, 11) is 0. The zero-order chi connectivity index (χ0) is 19.8. The first-order chi connectivity index (χ1) is 13.7. The minimum absolute atomic E-state index is 0.0898. The van der Waals surface area contributed by atoms with E-state index in [0.717, 1.165) is 11.3 Å². The molecule has 2 aromatic carbocycles. The Bertz CT molecular complexity index is 938. The number of hydrogen-bond acceptors (Lipinski definition) is 4. The van der Waals surface area contributed by atoms with Gasteiger partial charge in [-0.2, -0.15) is 0 Å². The number of nitrogens with one attached hydrogen (secondary N) is 2. The molecule has 0 saturated heterocycles. The fraction of sp³-hybridized carbons (Fsp3) is 0.182. The molecule has 1 heterocycles. The van der Waals surface area contributed by atoms with Crippen molar-refractivity contribution in [2.24, 2.45) is 0 Å². The highest BCUT2D eigenvalue weighted by atomic mass is 32.1. The minimum atomic E-state index is -0.161. The Morgan fingerprint density at radius 3 is 2.50 bits per heavy atom. The van der Waals surface area contributed by atoms with Crippen LogP contribution < -0.4 is 15.4 Å². The number of carbonyl (C=O) groups is 2. The van der Waals surface area contributed by atoms with Gasteiger partial charge >= 0.3 is 0 Å². The molecule has 0 radical (unpaired) electrons. The van der Waals surface area contributed by atoms with E-state index in [-0.39, 0.29) is 11.8 Å². The standard InChI is InChI=1S/C22H22N2O3S/c1-2-27-19-10-4-3-7-16(19)12-13-21(25)23-17-8-5-9-18(15-17)24-22(26)20-11-6-14-28-20/h3-11,14-15H,2,12-13H2,1H3,(H,23,25)(H,24,26). The summed E-state index contributed by atoms with van der Waals surface area (Å²) in [4.78, 5) is 25.1. The van der Waals surface area contributed by atoms with Gasteiger partial charge in [0.25, 0.3) is 5.91 Å². The van der Waals surface area contributed by atoms with Crippen LogP contribution in [0.2, 0.25) is 0 Å². The molecule has 0 aliphatic rings. The molecule has 0 bridgehead atoms. The molecule has 0 unspecified atom stereocenters. The summed E-state index contributed by atoms with van der Waals surface area (Å²) in [5.74, 6) is 0.565. The summed E-state index contributed by atoms with van der Waals surface area (Å²) in [5, 5.41) is 7.58. The van der Waals surface area contributed by atoms with Gasteiger partial charge in [0.05, 0.1) is 11.5 Å². The van der Waals surface area contributed by atoms with Crippen LogP contribution in [0, 0.1) is 0 Å². The topological polar surface area (TPSA) is 67.4 Å². The third kappa shape index (κ3) is 5.44. The first-order valence-corrected chi connectivity index (χ1v) is 9.99. The van der Waals surface area contributed by atoms with E-state index in [1.165, 1.54) is 11.3 Å². The number of amides is 2. The van der Waals surface area contributed by atoms with Crippen molar-refractivity contribution in [2.75, 3.05) is 17.2 Å². The molecule has 6 heteroatoms. The Labute approximate surface area is 168 Å². The number of anilines is 2. The fourth-order valence-electron chi connectivity index (χ4n) is 2.75. The van der Waals surface area contributed by atoms with Crippen LogP contribution >= 0.6 is 11.3 Å². The van der Waals surface area contributed by atoms with Gasteiger partial charge in [-0.3, -0.25) is 9.59 Å². The van der Waals surface area contributed by atoms with Crippen LogP contribution in [0.4, 0.5) is 11.4 Å². The monoisotopic (exact) mass is 394 g/mol. The lowest BCUT2D eigenvalue weighted by molar-refractivity contribution is -0.116. The first kappa shape index (κ1) is 19.6. The molecule has 0 fully saturated rings. The molecule has 3 rings (SSSR count). The summed E-state index contributed by atoms with van der Waals surface area (Å²) in [5.41, 5.74) is 2.29. The summed E-state index contributed by atoms with van der Waals surface area (Å²) in [6.07, 6.45) is 0.937. The van der Waals surface area contributed by atoms with E-state index < -0.39 is 0 Å². The van der Waals surface area contributed by atoms with E-state index in [0.29, 0.717) is 35.7 Å². The summed E-state index contributed by atoms with van der Waals surface area (Å²) < 4.78 is 5.60. The lowest BCUT2D eigenvalue weighted by atomic mass is 10.1. The van der Waals surface area contributed by atoms with E-state index in [2.05, 4.69) is 10.6 Å². The molecule has 2 N–H and O–H groups in total. The number of para-hydroxylation sites is 1. The Kier molecular flexibility index (Phi) is 6.81. The van der Waals surface area contributed by atoms with Gasteiger partial charge in [0.15, 0.2) is 0 Å². The Balaban J connectivity index is 1.56. The highest BCUT2D eigenvalue weighted by molar-refractivity contribution is 7.12. The fourth-order valence-corrected chi connectivity index (χ4v) is 3.37. The van der Waals surface area contributed by atoms with Gasteiger partial charge in [-0.25, -0.2) is 0 Å². The number of rotatable bonds is 8. The summed E-state index contributed by atoms with van der Waals surface area (Å²) in [6.45, 7) is 2.53. The molecule has 2 amide bonds. The molecule has 5 nitrogen and oxygen atoms in total. The van der Waals surface area contributed by atoms with Crippen LogP contribution in [0.1, 0.15) is 28.6 Å². The minimum Gasteiger partial charge on any atom is -0.494 e. The van der Waals surface area contributed by atoms with Crippen LogP contribution in [0.5, 0.6) is 5.75 Å². The average molecular weight is 394 g/mol. The molecule has 0 saturated carbocycles. The van der Waals surface area contributed by atoms with Crippen LogP contribution in [-0.2, 0) is 11.2 Å².